The van der Waals surface area contributed by atoms with E-state index in [-0.39, 0.29) is 112 Å². The summed E-state index contributed by atoms with van der Waals surface area (Å²) in [6.45, 7) is 0. The van der Waals surface area contributed by atoms with Crippen LogP contribution in [0.5, 0.6) is 0 Å². The van der Waals surface area contributed by atoms with Crippen molar-refractivity contribution in [3.05, 3.63) is 226 Å². The molecule has 0 aromatic heterocycles. The summed E-state index contributed by atoms with van der Waals surface area (Å²) in [5, 5.41) is 49.0. The van der Waals surface area contributed by atoms with Crippen LogP contribution in [0.3, 0.4) is 0 Å². The van der Waals surface area contributed by atoms with Crippen LogP contribution in [-0.4, -0.2) is 61.0 Å². The summed E-state index contributed by atoms with van der Waals surface area (Å²) >= 11 is 0. The van der Waals surface area contributed by atoms with Crippen LogP contribution in [0.25, 0.3) is 189 Å². The molecule has 0 amide bonds. The van der Waals surface area contributed by atoms with Crippen LogP contribution in [-0.2, 0) is 109 Å². The molecule has 0 radical (unpaired) electrons. The first-order chi connectivity index (χ1) is 52.9. The summed E-state index contributed by atoms with van der Waals surface area (Å²) in [6, 6.07) is 37.1. The fraction of sp³-hybridized carbons (Fsp3) is 0.253. The van der Waals surface area contributed by atoms with Gasteiger partial charge in [-0.15, -0.1) is 0 Å². The van der Waals surface area contributed by atoms with E-state index in [1.807, 2.05) is 0 Å². The Morgan fingerprint density at radius 1 is 0.290 bits per heavy atom. The highest BCUT2D eigenvalue weighted by Crippen LogP contribution is 2.92. The highest BCUT2D eigenvalue weighted by atomic mass is 16.7. The van der Waals surface area contributed by atoms with E-state index in [0.29, 0.717) is 0 Å². The van der Waals surface area contributed by atoms with Gasteiger partial charge in [-0.3, -0.25) is 0 Å². The molecule has 0 saturated carbocycles. The lowest BCUT2D eigenvalue weighted by Crippen LogP contribution is -2.72. The number of hydrogen-bond acceptors (Lipinski definition) is 8. The van der Waals surface area contributed by atoms with Gasteiger partial charge in [0, 0.05) is 17.5 Å². The summed E-state index contributed by atoms with van der Waals surface area (Å²) in [5.41, 5.74) is 37.4. The molecule has 19 unspecified atom stereocenters. The third-order valence-electron chi connectivity index (χ3n) is 36.6. The second kappa shape index (κ2) is 12.2. The monoisotopic (exact) mass is 1360 g/mol. The molecule has 25 aliphatic rings. The van der Waals surface area contributed by atoms with Crippen molar-refractivity contribution in [1.82, 2.24) is 0 Å². The molecule has 19 aromatic carbocycles. The number of allylic oxidation sites excluding steroid dienone is 1. The molecule has 0 N–H and O–H groups in total. The summed E-state index contributed by atoms with van der Waals surface area (Å²) < 4.78 is 53.9. The fourth-order valence-corrected chi connectivity index (χ4v) is 34.4. The van der Waals surface area contributed by atoms with E-state index in [1.54, 1.807) is 158 Å². The molecular formula is C99H42O8. The quantitative estimate of drug-likeness (QED) is 0.0843. The van der Waals surface area contributed by atoms with Crippen LogP contribution in [0, 0.1) is 0 Å². The fourth-order valence-electron chi connectivity index (χ4n) is 34.4. The lowest BCUT2D eigenvalue weighted by molar-refractivity contribution is -0.221. The van der Waals surface area contributed by atoms with E-state index in [4.69, 9.17) is 37.9 Å². The molecule has 44 rings (SSSR count). The van der Waals surface area contributed by atoms with Gasteiger partial charge in [-0.25, -0.2) is 0 Å². The molecule has 19 aromatic rings. The molecule has 486 valence electrons. The average Bonchev–Trinajstić information content (AvgIpc) is 1.39. The molecule has 8 heterocycles. The molecule has 19 atom stereocenters. The van der Waals surface area contributed by atoms with Gasteiger partial charge in [0.05, 0.1) is 28.5 Å². The van der Waals surface area contributed by atoms with Crippen molar-refractivity contribution < 1.29 is 37.9 Å². The Morgan fingerprint density at radius 2 is 0.785 bits per heavy atom. The molecule has 8 aliphatic heterocycles. The van der Waals surface area contributed by atoms with Gasteiger partial charge in [-0.1, -0.05) is 103 Å². The van der Waals surface area contributed by atoms with Crippen LogP contribution in [0.1, 0.15) is 135 Å². The van der Waals surface area contributed by atoms with E-state index >= 15 is 0 Å². The Hall–Kier alpha value is -9.94. The molecule has 6 spiro atoms. The van der Waals surface area contributed by atoms with E-state index in [2.05, 4.69) is 103 Å². The smallest absolute Gasteiger partial charge is 0.151 e. The Balaban J connectivity index is 0.0000000714. The van der Waals surface area contributed by atoms with Crippen LogP contribution in [0.15, 0.2) is 109 Å². The lowest BCUT2D eigenvalue weighted by atomic mass is 9.49. The first-order valence-electron chi connectivity index (χ1n) is 40.3. The van der Waals surface area contributed by atoms with E-state index in [1.165, 1.54) is 154 Å². The highest BCUT2D eigenvalue weighted by molar-refractivity contribution is 6.54. The molecule has 8 nitrogen and oxygen atoms in total. The predicted octanol–water partition coefficient (Wildman–Crippen LogP) is 18.0. The Morgan fingerprint density at radius 3 is 1.47 bits per heavy atom. The number of hydrogen-bond donors (Lipinski definition) is 0. The van der Waals surface area contributed by atoms with Crippen molar-refractivity contribution in [3.63, 3.8) is 0 Å². The number of epoxide rings is 5. The third-order valence-corrected chi connectivity index (χ3v) is 36.6. The largest absolute Gasteiger partial charge is 0.367 e. The second-order valence-corrected chi connectivity index (χ2v) is 38.9. The topological polar surface area (TPSA) is 90.3 Å². The Labute approximate surface area is 599 Å². The number of ether oxygens (including phenoxy) is 8. The third kappa shape index (κ3) is 3.44. The molecule has 8 saturated heterocycles. The van der Waals surface area contributed by atoms with Gasteiger partial charge in [0.25, 0.3) is 0 Å². The molecule has 17 aliphatic carbocycles. The van der Waals surface area contributed by atoms with Gasteiger partial charge in [0.1, 0.15) is 78.3 Å². The zero-order chi connectivity index (χ0) is 65.3. The van der Waals surface area contributed by atoms with Gasteiger partial charge >= 0.3 is 0 Å². The van der Waals surface area contributed by atoms with Gasteiger partial charge < -0.3 is 37.9 Å². The molecular weight excluding hydrogens is 1320 g/mol. The van der Waals surface area contributed by atoms with Crippen LogP contribution < -0.4 is 0 Å². The van der Waals surface area contributed by atoms with E-state index in [9.17, 15) is 0 Å². The summed E-state index contributed by atoms with van der Waals surface area (Å²) in [4.78, 5) is 0. The van der Waals surface area contributed by atoms with Crippen molar-refractivity contribution in [2.45, 2.75) is 151 Å². The second-order valence-electron chi connectivity index (χ2n) is 38.9. The zero-order valence-electron chi connectivity index (χ0n) is 56.3. The SMILES string of the molecule is C1=C2Cc3cc4ccc5cc6c7c8c(cc9c%10c8c8c%11c7c5c4c-%11c3C23OC83C%102C1OC2C1OC91)C6.C1=C2Cc3cc4ccc5cc6c7c8c(cc9c%10c8c8c(c2c3c2c4c5c7c82)C%102C1OC2C1OC91)C6.c1c2c3c4c5c1Cc1cc6ccc7cc8c9c%10c(c4c4c9c7c6c4c15)C31C(OC1C1OC%101C8)C1OC21. The molecule has 107 heavy (non-hydrogen) atoms. The van der Waals surface area contributed by atoms with Gasteiger partial charge in [-0.05, 0) is 332 Å². The Kier molecular flexibility index (Phi) is 5.34. The van der Waals surface area contributed by atoms with Crippen molar-refractivity contribution in [2.24, 2.45) is 0 Å². The molecule has 8 fully saturated rings. The van der Waals surface area contributed by atoms with Gasteiger partial charge in [-0.2, -0.15) is 0 Å². The molecule has 8 heteroatoms. The first kappa shape index (κ1) is 47.0. The van der Waals surface area contributed by atoms with Crippen LogP contribution in [0.4, 0.5) is 0 Å². The lowest BCUT2D eigenvalue weighted by Gasteiger charge is -2.59. The number of benzene rings is 17. The van der Waals surface area contributed by atoms with Crippen LogP contribution >= 0.6 is 0 Å². The van der Waals surface area contributed by atoms with Crippen LogP contribution in [0.2, 0.25) is 0 Å². The Bertz CT molecular complexity index is 8810. The maximum Gasteiger partial charge on any atom is 0.151 e. The van der Waals surface area contributed by atoms with E-state index < -0.39 is 0 Å². The van der Waals surface area contributed by atoms with Gasteiger partial charge in [0.2, 0.25) is 0 Å². The minimum absolute atomic E-state index is 0.0362. The first-order valence-corrected chi connectivity index (χ1v) is 40.3. The van der Waals surface area contributed by atoms with Gasteiger partial charge in [0.15, 0.2) is 5.60 Å². The standard InChI is InChI=1S/2C33H14O3.C33H14O2/c1-2-10-4-13-6-14-8-16-31-26-15(28-29(35-28)30(31)34-16)7-12-5-11-3-9(1)17-18(10)22-23-21(17)19(11)20(12)24(26)27(23)33(31)32(14,36-33)25(13)22;1-2-9-4-12-7-32-25-18(12)20-15(9)14-8(1)3-10-5-11-6-13-24-22-17(11)16(10)19(14)21(20)23(22)26(25)33(24)29(28-27(13)34-28)35-31(33)30(32)36-32;1-2-10-4-12-6-14-8-16-33-28-15(30-31(35-30)32(33)34-16)7-13-5-11-3-9(1)17-18(10)24-21(12)22(14)29(33)27-25(24)23(17)19(11)20(13)26(27)28/h1-4,7-8,16,28-30H,5-6H2;1-4,6,27-31H,5,7H2;1-4,7-8,16,30-32H,5-6H2. The van der Waals surface area contributed by atoms with E-state index in [0.717, 1.165) is 38.5 Å². The maximum atomic E-state index is 7.49. The predicted molar refractivity (Wildman–Crippen MR) is 404 cm³/mol. The average molecular weight is 1360 g/mol. The van der Waals surface area contributed by atoms with Crippen molar-refractivity contribution in [3.8, 4) is 11.1 Å². The zero-order valence-corrected chi connectivity index (χ0v) is 56.3. The highest BCUT2D eigenvalue weighted by Gasteiger charge is 2.97. The number of rotatable bonds is 0. The van der Waals surface area contributed by atoms with Crippen molar-refractivity contribution in [1.29, 1.82) is 0 Å². The van der Waals surface area contributed by atoms with Crippen molar-refractivity contribution >= 4 is 178 Å². The molecule has 0 bridgehead atoms. The normalized spacial score (nSPS) is 38.4. The minimum Gasteiger partial charge on any atom is -0.367 e. The summed E-state index contributed by atoms with van der Waals surface area (Å²) in [7, 11) is 0. The number of fused-ring (bicyclic) bond motifs is 10. The summed E-state index contributed by atoms with van der Waals surface area (Å²) in [6.07, 6.45) is 13.4. The van der Waals surface area contributed by atoms with Crippen molar-refractivity contribution in [2.75, 3.05) is 0 Å². The maximum absolute atomic E-state index is 7.49. The minimum atomic E-state index is -0.313. The summed E-state index contributed by atoms with van der Waals surface area (Å²) in [5.74, 6) is 0.